The van der Waals surface area contributed by atoms with Crippen LogP contribution in [-0.4, -0.2) is 34.9 Å². The maximum absolute atomic E-state index is 12.1. The number of hydrogen-bond acceptors (Lipinski definition) is 3. The largest absolute Gasteiger partial charge is 0.409 e. The Bertz CT molecular complexity index is 311. The number of nitrogens with two attached hydrogens (primary N) is 1. The highest BCUT2D eigenvalue weighted by atomic mass is 16.4. The van der Waals surface area contributed by atoms with Gasteiger partial charge in [0.2, 0.25) is 5.91 Å². The van der Waals surface area contributed by atoms with E-state index in [1.54, 1.807) is 6.92 Å². The van der Waals surface area contributed by atoms with Crippen LogP contribution in [0.3, 0.4) is 0 Å². The summed E-state index contributed by atoms with van der Waals surface area (Å²) in [6.45, 7) is 7.59. The number of amidine groups is 1. The van der Waals surface area contributed by atoms with Gasteiger partial charge in [0, 0.05) is 13.1 Å². The van der Waals surface area contributed by atoms with E-state index in [9.17, 15) is 4.79 Å². The quantitative estimate of drug-likeness (QED) is 0.338. The lowest BCUT2D eigenvalue weighted by atomic mass is 9.82. The van der Waals surface area contributed by atoms with Gasteiger partial charge >= 0.3 is 0 Å². The number of oxime groups is 1. The first kappa shape index (κ1) is 13.8. The molecule has 1 atom stereocenters. The molecule has 1 amide bonds. The minimum absolute atomic E-state index is 0.0134. The van der Waals surface area contributed by atoms with E-state index in [-0.39, 0.29) is 17.2 Å². The molecular weight excluding hydrogens is 218 g/mol. The highest BCUT2D eigenvalue weighted by Crippen LogP contribution is 2.37. The lowest BCUT2D eigenvalue weighted by molar-refractivity contribution is -0.132. The number of rotatable bonds is 4. The number of amides is 1. The zero-order valence-electron chi connectivity index (χ0n) is 10.9. The molecule has 0 bridgehead atoms. The zero-order chi connectivity index (χ0) is 13.1. The van der Waals surface area contributed by atoms with Crippen molar-refractivity contribution in [2.24, 2.45) is 22.2 Å². The third kappa shape index (κ3) is 2.70. The molecule has 1 rings (SSSR count). The topological polar surface area (TPSA) is 78.9 Å². The summed E-state index contributed by atoms with van der Waals surface area (Å²) in [6, 6.07) is 0. The van der Waals surface area contributed by atoms with Gasteiger partial charge in [0.05, 0.1) is 5.92 Å². The maximum atomic E-state index is 12.1. The van der Waals surface area contributed by atoms with E-state index in [4.69, 9.17) is 10.9 Å². The van der Waals surface area contributed by atoms with Crippen LogP contribution in [0, 0.1) is 11.3 Å². The molecule has 0 radical (unpaired) electrons. The molecule has 0 saturated carbocycles. The van der Waals surface area contributed by atoms with Gasteiger partial charge in [-0.3, -0.25) is 4.79 Å². The number of nitrogens with zero attached hydrogens (tertiary/aromatic N) is 2. The predicted molar refractivity (Wildman–Crippen MR) is 66.8 cm³/mol. The fourth-order valence-electron chi connectivity index (χ4n) is 2.44. The fourth-order valence-corrected chi connectivity index (χ4v) is 2.44. The molecule has 0 aromatic rings. The van der Waals surface area contributed by atoms with Crippen LogP contribution in [0.4, 0.5) is 0 Å². The standard InChI is InChI=1S/C12H23N3O2/c1-4-12(5-2)6-7-15(8-12)11(16)9(3)10(13)14-17/h9,17H,4-8H2,1-3H3,(H2,13,14). The molecule has 1 fully saturated rings. The van der Waals surface area contributed by atoms with Gasteiger partial charge in [0.15, 0.2) is 5.84 Å². The first-order valence-corrected chi connectivity index (χ1v) is 6.26. The molecule has 0 aromatic carbocycles. The molecule has 5 heteroatoms. The number of hydrogen-bond donors (Lipinski definition) is 2. The second-order valence-electron chi connectivity index (χ2n) is 4.96. The Balaban J connectivity index is 2.68. The van der Waals surface area contributed by atoms with Crippen LogP contribution in [0.15, 0.2) is 5.16 Å². The first-order chi connectivity index (χ1) is 7.99. The Morgan fingerprint density at radius 2 is 2.12 bits per heavy atom. The molecule has 17 heavy (non-hydrogen) atoms. The van der Waals surface area contributed by atoms with Gasteiger partial charge in [-0.25, -0.2) is 0 Å². The number of likely N-dealkylation sites (tertiary alicyclic amines) is 1. The van der Waals surface area contributed by atoms with Gasteiger partial charge < -0.3 is 15.8 Å². The van der Waals surface area contributed by atoms with Gasteiger partial charge in [0.25, 0.3) is 0 Å². The van der Waals surface area contributed by atoms with Crippen LogP contribution in [0.2, 0.25) is 0 Å². The van der Waals surface area contributed by atoms with Gasteiger partial charge in [-0.1, -0.05) is 19.0 Å². The van der Waals surface area contributed by atoms with Gasteiger partial charge in [0.1, 0.15) is 0 Å². The van der Waals surface area contributed by atoms with Crippen molar-refractivity contribution in [2.45, 2.75) is 40.0 Å². The average Bonchev–Trinajstić information content (AvgIpc) is 2.81. The zero-order valence-corrected chi connectivity index (χ0v) is 10.9. The molecule has 1 aliphatic rings. The Kier molecular flexibility index (Phi) is 4.37. The summed E-state index contributed by atoms with van der Waals surface area (Å²) in [5.74, 6) is -0.589. The summed E-state index contributed by atoms with van der Waals surface area (Å²) in [6.07, 6.45) is 3.23. The van der Waals surface area contributed by atoms with Gasteiger partial charge in [-0.15, -0.1) is 0 Å². The molecule has 3 N–H and O–H groups in total. The normalized spacial score (nSPS) is 21.6. The van der Waals surface area contributed by atoms with Crippen LogP contribution in [0.25, 0.3) is 0 Å². The molecule has 1 saturated heterocycles. The maximum Gasteiger partial charge on any atom is 0.233 e. The number of carbonyl (C=O) groups is 1. The smallest absolute Gasteiger partial charge is 0.233 e. The summed E-state index contributed by atoms with van der Waals surface area (Å²) in [5, 5.41) is 11.5. The highest BCUT2D eigenvalue weighted by Gasteiger charge is 2.38. The van der Waals surface area contributed by atoms with Crippen molar-refractivity contribution in [3.05, 3.63) is 0 Å². The molecule has 0 aliphatic carbocycles. The van der Waals surface area contributed by atoms with E-state index in [0.29, 0.717) is 0 Å². The van der Waals surface area contributed by atoms with Crippen molar-refractivity contribution in [3.8, 4) is 0 Å². The molecule has 0 aromatic heterocycles. The van der Waals surface area contributed by atoms with Crippen LogP contribution >= 0.6 is 0 Å². The Morgan fingerprint density at radius 3 is 2.53 bits per heavy atom. The van der Waals surface area contributed by atoms with E-state index >= 15 is 0 Å². The van der Waals surface area contributed by atoms with E-state index in [1.807, 2.05) is 4.90 Å². The van der Waals surface area contributed by atoms with Crippen LogP contribution in [0.5, 0.6) is 0 Å². The molecule has 1 unspecified atom stereocenters. The van der Waals surface area contributed by atoms with Crippen molar-refractivity contribution < 1.29 is 10.0 Å². The minimum Gasteiger partial charge on any atom is -0.409 e. The Hall–Kier alpha value is -1.26. The third-order valence-corrected chi connectivity index (χ3v) is 4.18. The van der Waals surface area contributed by atoms with Gasteiger partial charge in [-0.2, -0.15) is 0 Å². The van der Waals surface area contributed by atoms with Crippen LogP contribution in [-0.2, 0) is 4.79 Å². The van der Waals surface area contributed by atoms with E-state index in [1.165, 1.54) is 0 Å². The molecular formula is C12H23N3O2. The number of carbonyl (C=O) groups excluding carboxylic acids is 1. The van der Waals surface area contributed by atoms with Crippen LogP contribution in [0.1, 0.15) is 40.0 Å². The lowest BCUT2D eigenvalue weighted by Gasteiger charge is -2.27. The summed E-state index contributed by atoms with van der Waals surface area (Å²) in [4.78, 5) is 14.0. The first-order valence-electron chi connectivity index (χ1n) is 6.26. The Morgan fingerprint density at radius 1 is 1.53 bits per heavy atom. The third-order valence-electron chi connectivity index (χ3n) is 4.18. The Labute approximate surface area is 103 Å². The molecule has 98 valence electrons. The SMILES string of the molecule is CCC1(CC)CCN(C(=O)C(C)C(N)=NO)C1. The monoisotopic (exact) mass is 241 g/mol. The van der Waals surface area contributed by atoms with E-state index in [2.05, 4.69) is 19.0 Å². The van der Waals surface area contributed by atoms with E-state index in [0.717, 1.165) is 32.4 Å². The summed E-state index contributed by atoms with van der Waals surface area (Å²) in [7, 11) is 0. The second kappa shape index (κ2) is 5.38. The summed E-state index contributed by atoms with van der Waals surface area (Å²) in [5.41, 5.74) is 5.73. The summed E-state index contributed by atoms with van der Waals surface area (Å²) >= 11 is 0. The van der Waals surface area contributed by atoms with Crippen molar-refractivity contribution in [3.63, 3.8) is 0 Å². The second-order valence-corrected chi connectivity index (χ2v) is 4.96. The summed E-state index contributed by atoms with van der Waals surface area (Å²) < 4.78 is 0. The van der Waals surface area contributed by atoms with Crippen LogP contribution < -0.4 is 5.73 Å². The van der Waals surface area contributed by atoms with Crippen molar-refractivity contribution in [1.29, 1.82) is 0 Å². The van der Waals surface area contributed by atoms with Crippen molar-refractivity contribution >= 4 is 11.7 Å². The predicted octanol–water partition coefficient (Wildman–Crippen LogP) is 1.41. The van der Waals surface area contributed by atoms with E-state index < -0.39 is 5.92 Å². The molecule has 0 spiro atoms. The molecule has 1 aliphatic heterocycles. The van der Waals surface area contributed by atoms with Crippen molar-refractivity contribution in [1.82, 2.24) is 4.90 Å². The molecule has 5 nitrogen and oxygen atoms in total. The average molecular weight is 241 g/mol. The van der Waals surface area contributed by atoms with Crippen molar-refractivity contribution in [2.75, 3.05) is 13.1 Å². The highest BCUT2D eigenvalue weighted by molar-refractivity contribution is 6.01. The molecule has 1 heterocycles. The van der Waals surface area contributed by atoms with Gasteiger partial charge in [-0.05, 0) is 31.6 Å². The lowest BCUT2D eigenvalue weighted by Crippen LogP contribution is -2.40. The minimum atomic E-state index is -0.537. The fraction of sp³-hybridized carbons (Fsp3) is 0.833.